The van der Waals surface area contributed by atoms with E-state index in [9.17, 15) is 9.59 Å². The van der Waals surface area contributed by atoms with Crippen molar-refractivity contribution in [2.24, 2.45) is 16.2 Å². The van der Waals surface area contributed by atoms with Gasteiger partial charge < -0.3 is 4.84 Å². The van der Waals surface area contributed by atoms with Crippen molar-refractivity contribution in [2.45, 2.75) is 60.9 Å². The Hall–Kier alpha value is -0.900. The summed E-state index contributed by atoms with van der Waals surface area (Å²) in [5.74, 6) is -0.103. The molecule has 1 aliphatic rings. The fraction of sp³-hybridized carbons (Fsp3) is 0.857. The van der Waals surface area contributed by atoms with Crippen LogP contribution in [0.1, 0.15) is 54.9 Å². The van der Waals surface area contributed by atoms with E-state index in [-0.39, 0.29) is 28.6 Å². The third kappa shape index (κ3) is 2.44. The van der Waals surface area contributed by atoms with E-state index in [4.69, 9.17) is 4.84 Å². The van der Waals surface area contributed by atoms with E-state index in [1.807, 2.05) is 48.5 Å². The van der Waals surface area contributed by atoms with Crippen LogP contribution in [0.4, 0.5) is 0 Å². The summed E-state index contributed by atoms with van der Waals surface area (Å²) in [7, 11) is 0. The molecular weight excluding hydrogens is 230 g/mol. The molecule has 104 valence electrons. The first-order chi connectivity index (χ1) is 7.90. The van der Waals surface area contributed by atoms with Crippen molar-refractivity contribution in [3.05, 3.63) is 0 Å². The van der Waals surface area contributed by atoms with Crippen LogP contribution in [0, 0.1) is 16.2 Å². The SMILES string of the molecule is CC(C)(C)C(=O)CC1NOC(=O)C(C)(C)C1(C)C. The van der Waals surface area contributed by atoms with Crippen LogP contribution in [0.5, 0.6) is 0 Å². The molecule has 0 bridgehead atoms. The number of rotatable bonds is 2. The normalized spacial score (nSPS) is 26.6. The van der Waals surface area contributed by atoms with Crippen LogP contribution in [0.2, 0.25) is 0 Å². The van der Waals surface area contributed by atoms with Crippen molar-refractivity contribution >= 4 is 11.8 Å². The second-order valence-electron chi connectivity index (χ2n) is 7.28. The molecule has 18 heavy (non-hydrogen) atoms. The summed E-state index contributed by atoms with van der Waals surface area (Å²) in [6.07, 6.45) is 0.368. The van der Waals surface area contributed by atoms with Crippen LogP contribution in [-0.4, -0.2) is 17.8 Å². The fourth-order valence-corrected chi connectivity index (χ4v) is 1.89. The van der Waals surface area contributed by atoms with Crippen molar-refractivity contribution in [3.8, 4) is 0 Å². The highest BCUT2D eigenvalue weighted by atomic mass is 16.7. The third-order valence-corrected chi connectivity index (χ3v) is 4.51. The van der Waals surface area contributed by atoms with Crippen molar-refractivity contribution in [1.29, 1.82) is 0 Å². The number of carbonyl (C=O) groups is 2. The Kier molecular flexibility index (Phi) is 3.65. The quantitative estimate of drug-likeness (QED) is 0.823. The molecule has 4 heteroatoms. The van der Waals surface area contributed by atoms with Gasteiger partial charge in [0.1, 0.15) is 5.78 Å². The number of nitrogens with one attached hydrogen (secondary N) is 1. The monoisotopic (exact) mass is 255 g/mol. The molecule has 0 aromatic carbocycles. The van der Waals surface area contributed by atoms with Gasteiger partial charge >= 0.3 is 5.97 Å². The van der Waals surface area contributed by atoms with E-state index in [1.54, 1.807) is 0 Å². The number of hydrogen-bond acceptors (Lipinski definition) is 4. The zero-order chi connectivity index (χ0) is 14.4. The summed E-state index contributed by atoms with van der Waals surface area (Å²) in [5, 5.41) is 0. The summed E-state index contributed by atoms with van der Waals surface area (Å²) in [6.45, 7) is 13.4. The lowest BCUT2D eigenvalue weighted by Gasteiger charge is -2.48. The van der Waals surface area contributed by atoms with Gasteiger partial charge in [0, 0.05) is 11.8 Å². The predicted molar refractivity (Wildman–Crippen MR) is 69.7 cm³/mol. The average Bonchev–Trinajstić information content (AvgIpc) is 2.19. The van der Waals surface area contributed by atoms with E-state index < -0.39 is 5.41 Å². The van der Waals surface area contributed by atoms with Crippen molar-refractivity contribution < 1.29 is 14.4 Å². The number of ketones is 1. The highest BCUT2D eigenvalue weighted by Gasteiger charge is 2.53. The molecule has 1 fully saturated rings. The summed E-state index contributed by atoms with van der Waals surface area (Å²) in [4.78, 5) is 28.9. The Balaban J connectivity index is 2.92. The molecule has 1 aliphatic heterocycles. The molecule has 0 radical (unpaired) electrons. The van der Waals surface area contributed by atoms with Crippen molar-refractivity contribution in [3.63, 3.8) is 0 Å². The summed E-state index contributed by atoms with van der Waals surface area (Å²) >= 11 is 0. The molecule has 0 saturated carbocycles. The molecule has 1 rings (SSSR count). The molecule has 0 amide bonds. The lowest BCUT2D eigenvalue weighted by molar-refractivity contribution is -0.193. The van der Waals surface area contributed by atoms with Crippen LogP contribution in [-0.2, 0) is 14.4 Å². The molecule has 4 nitrogen and oxygen atoms in total. The van der Waals surface area contributed by atoms with Gasteiger partial charge in [-0.25, -0.2) is 4.79 Å². The van der Waals surface area contributed by atoms with E-state index in [0.717, 1.165) is 0 Å². The molecule has 0 aliphatic carbocycles. The molecule has 1 N–H and O–H groups in total. The third-order valence-electron chi connectivity index (χ3n) is 4.51. The lowest BCUT2D eigenvalue weighted by Crippen LogP contribution is -2.60. The molecular formula is C14H25NO3. The maximum absolute atomic E-state index is 12.1. The van der Waals surface area contributed by atoms with Crippen molar-refractivity contribution in [1.82, 2.24) is 5.48 Å². The summed E-state index contributed by atoms with van der Waals surface area (Å²) in [5.41, 5.74) is 1.42. The Morgan fingerprint density at radius 3 is 2.22 bits per heavy atom. The maximum atomic E-state index is 12.1. The highest BCUT2D eigenvalue weighted by Crippen LogP contribution is 2.46. The minimum absolute atomic E-state index is 0.156. The second kappa shape index (κ2) is 4.34. The Morgan fingerprint density at radius 2 is 1.78 bits per heavy atom. The standard InChI is InChI=1S/C14H25NO3/c1-12(2,3)10(16)8-9-13(4,5)14(6,7)11(17)18-15-9/h9,15H,8H2,1-7H3. The van der Waals surface area contributed by atoms with E-state index >= 15 is 0 Å². The van der Waals surface area contributed by atoms with E-state index in [0.29, 0.717) is 6.42 Å². The van der Waals surface area contributed by atoms with Crippen LogP contribution in [0.15, 0.2) is 0 Å². The maximum Gasteiger partial charge on any atom is 0.330 e. The molecule has 1 saturated heterocycles. The molecule has 1 atom stereocenters. The van der Waals surface area contributed by atoms with E-state index in [2.05, 4.69) is 5.48 Å². The topological polar surface area (TPSA) is 55.4 Å². The summed E-state index contributed by atoms with van der Waals surface area (Å²) in [6, 6.07) is -0.156. The molecule has 0 aromatic rings. The largest absolute Gasteiger partial charge is 0.370 e. The fourth-order valence-electron chi connectivity index (χ4n) is 1.89. The van der Waals surface area contributed by atoms with Gasteiger partial charge in [-0.2, -0.15) is 0 Å². The smallest absolute Gasteiger partial charge is 0.330 e. The highest BCUT2D eigenvalue weighted by molar-refractivity contribution is 5.85. The number of Topliss-reactive ketones (excluding diaryl/α,β-unsaturated/α-hetero) is 1. The van der Waals surface area contributed by atoms with Gasteiger partial charge in [0.25, 0.3) is 0 Å². The number of carbonyl (C=O) groups excluding carboxylic acids is 2. The molecule has 1 unspecified atom stereocenters. The molecule has 1 heterocycles. The van der Waals surface area contributed by atoms with Gasteiger partial charge in [0.15, 0.2) is 0 Å². The van der Waals surface area contributed by atoms with Crippen LogP contribution >= 0.6 is 0 Å². The Bertz CT molecular complexity index is 364. The predicted octanol–water partition coefficient (Wildman–Crippen LogP) is 2.47. The lowest BCUT2D eigenvalue weighted by atomic mass is 9.61. The minimum Gasteiger partial charge on any atom is -0.370 e. The second-order valence-corrected chi connectivity index (χ2v) is 7.28. The summed E-state index contributed by atoms with van der Waals surface area (Å²) < 4.78 is 0. The van der Waals surface area contributed by atoms with Crippen LogP contribution in [0.25, 0.3) is 0 Å². The zero-order valence-corrected chi connectivity index (χ0v) is 12.5. The Morgan fingerprint density at radius 1 is 1.28 bits per heavy atom. The number of hydrogen-bond donors (Lipinski definition) is 1. The first-order valence-corrected chi connectivity index (χ1v) is 6.41. The van der Waals surface area contributed by atoms with E-state index in [1.165, 1.54) is 0 Å². The van der Waals surface area contributed by atoms with Crippen LogP contribution in [0.3, 0.4) is 0 Å². The van der Waals surface area contributed by atoms with Gasteiger partial charge in [-0.15, -0.1) is 5.48 Å². The average molecular weight is 255 g/mol. The van der Waals surface area contributed by atoms with Crippen LogP contribution < -0.4 is 5.48 Å². The van der Waals surface area contributed by atoms with Gasteiger partial charge in [-0.05, 0) is 19.3 Å². The number of hydroxylamine groups is 1. The first-order valence-electron chi connectivity index (χ1n) is 6.41. The molecule has 0 aromatic heterocycles. The Labute approximate surface area is 109 Å². The first kappa shape index (κ1) is 15.2. The van der Waals surface area contributed by atoms with Crippen molar-refractivity contribution in [2.75, 3.05) is 0 Å². The zero-order valence-electron chi connectivity index (χ0n) is 12.5. The van der Waals surface area contributed by atoms with Gasteiger partial charge in [-0.3, -0.25) is 4.79 Å². The van der Waals surface area contributed by atoms with Gasteiger partial charge in [-0.1, -0.05) is 34.6 Å². The minimum atomic E-state index is -0.610. The van der Waals surface area contributed by atoms with Gasteiger partial charge in [0.2, 0.25) is 0 Å². The van der Waals surface area contributed by atoms with Gasteiger partial charge in [0.05, 0.1) is 11.5 Å². The molecule has 0 spiro atoms.